The summed E-state index contributed by atoms with van der Waals surface area (Å²) in [4.78, 5) is 0. The molecule has 1 aliphatic heterocycles. The predicted molar refractivity (Wildman–Crippen MR) is 34.8 cm³/mol. The van der Waals surface area contributed by atoms with E-state index in [1.807, 2.05) is 0 Å². The van der Waals surface area contributed by atoms with Crippen molar-refractivity contribution in [1.29, 1.82) is 0 Å². The van der Waals surface area contributed by atoms with E-state index < -0.39 is 26.0 Å². The molecule has 1 heterocycles. The Morgan fingerprint density at radius 3 is 2.25 bits per heavy atom. The second-order valence-electron chi connectivity index (χ2n) is 3.01. The summed E-state index contributed by atoms with van der Waals surface area (Å²) in [5.41, 5.74) is -2.09. The van der Waals surface area contributed by atoms with Crippen LogP contribution in [0.2, 0.25) is 0 Å². The second kappa shape index (κ2) is 2.47. The molecule has 0 aromatic carbocycles. The summed E-state index contributed by atoms with van der Waals surface area (Å²) in [6.07, 6.45) is 0. The van der Waals surface area contributed by atoms with Crippen LogP contribution >= 0.6 is 7.91 Å². The third kappa shape index (κ3) is 1.65. The van der Waals surface area contributed by atoms with E-state index in [0.29, 0.717) is 0 Å². The molecular weight excluding hydrogens is 196 g/mol. The van der Waals surface area contributed by atoms with Gasteiger partial charge >= 0.3 is 7.91 Å². The first-order valence-corrected chi connectivity index (χ1v) is 4.62. The van der Waals surface area contributed by atoms with Crippen molar-refractivity contribution in [3.8, 4) is 0 Å². The lowest BCUT2D eigenvalue weighted by atomic mass is 10.0. The predicted octanol–water partition coefficient (Wildman–Crippen LogP) is 2.52. The summed E-state index contributed by atoms with van der Waals surface area (Å²) in [5, 5.41) is 0. The molecule has 0 saturated carbocycles. The minimum absolute atomic E-state index is 0.960. The quantitative estimate of drug-likeness (QED) is 0.568. The van der Waals surface area contributed by atoms with Crippen LogP contribution in [0.1, 0.15) is 13.8 Å². The van der Waals surface area contributed by atoms with Crippen LogP contribution in [-0.4, -0.2) is 18.1 Å². The number of halogens is 3. The van der Waals surface area contributed by atoms with Crippen molar-refractivity contribution < 1.29 is 26.6 Å². The highest BCUT2D eigenvalue weighted by molar-refractivity contribution is 7.48. The average Bonchev–Trinajstić information content (AvgIpc) is 1.79. The molecule has 0 amide bonds. The molecule has 1 atom stereocenters. The molecule has 3 nitrogen and oxygen atoms in total. The summed E-state index contributed by atoms with van der Waals surface area (Å²) in [7, 11) is -4.77. The van der Waals surface area contributed by atoms with Crippen molar-refractivity contribution in [2.24, 2.45) is 0 Å². The van der Waals surface area contributed by atoms with Gasteiger partial charge in [-0.3, -0.25) is 9.05 Å². The molecule has 1 aliphatic rings. The summed E-state index contributed by atoms with van der Waals surface area (Å²) in [5.74, 6) is -3.33. The highest BCUT2D eigenvalue weighted by atomic mass is 31.2. The first kappa shape index (κ1) is 10.0. The molecule has 0 N–H and O–H groups in total. The van der Waals surface area contributed by atoms with Crippen LogP contribution < -0.4 is 0 Å². The van der Waals surface area contributed by atoms with Crippen molar-refractivity contribution in [1.82, 2.24) is 0 Å². The van der Waals surface area contributed by atoms with Crippen LogP contribution in [0.15, 0.2) is 0 Å². The summed E-state index contributed by atoms with van der Waals surface area (Å²) >= 11 is 0. The maximum Gasteiger partial charge on any atom is 0.514 e. The van der Waals surface area contributed by atoms with Gasteiger partial charge in [-0.15, -0.1) is 4.20 Å². The van der Waals surface area contributed by atoms with E-state index in [9.17, 15) is 17.5 Å². The summed E-state index contributed by atoms with van der Waals surface area (Å²) in [6.45, 7) is 0.706. The van der Waals surface area contributed by atoms with Crippen LogP contribution in [0, 0.1) is 0 Å². The van der Waals surface area contributed by atoms with E-state index in [4.69, 9.17) is 0 Å². The van der Waals surface area contributed by atoms with Gasteiger partial charge in [0.15, 0.2) is 0 Å². The van der Waals surface area contributed by atoms with E-state index in [2.05, 4.69) is 9.05 Å². The van der Waals surface area contributed by atoms with Crippen molar-refractivity contribution in [3.63, 3.8) is 0 Å². The molecule has 1 saturated heterocycles. The Morgan fingerprint density at radius 1 is 1.42 bits per heavy atom. The van der Waals surface area contributed by atoms with Gasteiger partial charge in [-0.1, -0.05) is 0 Å². The van der Waals surface area contributed by atoms with Gasteiger partial charge in [-0.05, 0) is 13.8 Å². The Hall–Kier alpha value is -0.0600. The van der Waals surface area contributed by atoms with E-state index >= 15 is 0 Å². The monoisotopic (exact) mass is 204 g/mol. The van der Waals surface area contributed by atoms with Gasteiger partial charge in [0.2, 0.25) is 0 Å². The van der Waals surface area contributed by atoms with E-state index in [0.717, 1.165) is 13.8 Å². The maximum absolute atomic E-state index is 12.8. The minimum Gasteiger partial charge on any atom is -0.277 e. The van der Waals surface area contributed by atoms with Gasteiger partial charge in [0.25, 0.3) is 5.92 Å². The molecule has 1 rings (SSSR count). The second-order valence-corrected chi connectivity index (χ2v) is 4.31. The molecule has 0 aromatic heterocycles. The zero-order valence-corrected chi connectivity index (χ0v) is 7.41. The highest BCUT2D eigenvalue weighted by Gasteiger charge is 2.57. The van der Waals surface area contributed by atoms with Gasteiger partial charge in [0.1, 0.15) is 12.2 Å². The van der Waals surface area contributed by atoms with Gasteiger partial charge in [0.05, 0.1) is 0 Å². The molecule has 0 spiro atoms. The fourth-order valence-electron chi connectivity index (χ4n) is 0.698. The lowest BCUT2D eigenvalue weighted by molar-refractivity contribution is -0.199. The molecule has 0 aromatic rings. The first-order valence-electron chi connectivity index (χ1n) is 3.19. The third-order valence-corrected chi connectivity index (χ3v) is 2.73. The fraction of sp³-hybridized carbons (Fsp3) is 1.00. The topological polar surface area (TPSA) is 35.5 Å². The molecule has 0 aliphatic carbocycles. The van der Waals surface area contributed by atoms with E-state index in [1.165, 1.54) is 0 Å². The SMILES string of the molecule is CC1(C)OP(=O)(F)OCC1(F)F. The molecule has 1 fully saturated rings. The van der Waals surface area contributed by atoms with Gasteiger partial charge in [-0.25, -0.2) is 13.3 Å². The lowest BCUT2D eigenvalue weighted by Gasteiger charge is -2.37. The number of rotatable bonds is 0. The van der Waals surface area contributed by atoms with Crippen LogP contribution in [0.5, 0.6) is 0 Å². The molecular formula is C5H8F3O3P. The van der Waals surface area contributed by atoms with Crippen LogP contribution in [0.4, 0.5) is 13.0 Å². The zero-order chi connectivity index (χ0) is 9.62. The Kier molecular flexibility index (Phi) is 2.06. The van der Waals surface area contributed by atoms with Crippen molar-refractivity contribution in [2.75, 3.05) is 6.61 Å². The van der Waals surface area contributed by atoms with Crippen LogP contribution in [-0.2, 0) is 13.6 Å². The largest absolute Gasteiger partial charge is 0.514 e. The van der Waals surface area contributed by atoms with E-state index in [-0.39, 0.29) is 0 Å². The fourth-order valence-corrected chi connectivity index (χ4v) is 1.75. The van der Waals surface area contributed by atoms with Crippen LogP contribution in [0.3, 0.4) is 0 Å². The normalized spacial score (nSPS) is 39.4. The average molecular weight is 204 g/mol. The van der Waals surface area contributed by atoms with Gasteiger partial charge < -0.3 is 0 Å². The standard InChI is InChI=1S/C5H8F3O3P/c1-4(2)5(6,7)3-10-12(8,9)11-4/h3H2,1-2H3. The number of alkyl halides is 2. The number of hydrogen-bond donors (Lipinski definition) is 0. The molecule has 0 bridgehead atoms. The van der Waals surface area contributed by atoms with E-state index in [1.54, 1.807) is 0 Å². The Morgan fingerprint density at radius 2 is 1.92 bits per heavy atom. The maximum atomic E-state index is 12.8. The Bertz CT molecular complexity index is 240. The molecule has 0 radical (unpaired) electrons. The summed E-state index contributed by atoms with van der Waals surface area (Å²) in [6, 6.07) is 0. The third-order valence-electron chi connectivity index (χ3n) is 1.62. The molecule has 1 unspecified atom stereocenters. The minimum atomic E-state index is -4.77. The highest BCUT2D eigenvalue weighted by Crippen LogP contribution is 2.60. The van der Waals surface area contributed by atoms with Gasteiger partial charge in [0, 0.05) is 0 Å². The zero-order valence-electron chi connectivity index (χ0n) is 6.51. The number of hydrogen-bond acceptors (Lipinski definition) is 3. The van der Waals surface area contributed by atoms with Crippen molar-refractivity contribution in [2.45, 2.75) is 25.4 Å². The van der Waals surface area contributed by atoms with Crippen molar-refractivity contribution >= 4 is 7.91 Å². The molecule has 72 valence electrons. The molecule has 12 heavy (non-hydrogen) atoms. The Labute approximate surface area is 67.5 Å². The summed E-state index contributed by atoms with van der Waals surface area (Å²) < 4.78 is 56.3. The van der Waals surface area contributed by atoms with Gasteiger partial charge in [-0.2, -0.15) is 0 Å². The Balaban J connectivity index is 2.89. The van der Waals surface area contributed by atoms with Crippen LogP contribution in [0.25, 0.3) is 0 Å². The molecule has 7 heteroatoms. The first-order chi connectivity index (χ1) is 5.16. The smallest absolute Gasteiger partial charge is 0.277 e. The lowest BCUT2D eigenvalue weighted by Crippen LogP contribution is -2.50. The van der Waals surface area contributed by atoms with Crippen molar-refractivity contribution in [3.05, 3.63) is 0 Å².